The van der Waals surface area contributed by atoms with Gasteiger partial charge in [-0.3, -0.25) is 0 Å². The standard InChI is InChI=1S/C6H9N3O5S2/c7-3-1-4(10)6(16(9,13)14)2-5(3)15(8,11)12/h1-2,10H,7H2,(H2,8,11,12)(H2,9,13,14). The third-order valence-corrected chi connectivity index (χ3v) is 3.61. The number of nitrogens with two attached hydrogens (primary N) is 3. The van der Waals surface area contributed by atoms with Crippen LogP contribution in [0.25, 0.3) is 0 Å². The number of hydrogen-bond acceptors (Lipinski definition) is 6. The van der Waals surface area contributed by atoms with Crippen LogP contribution in [-0.4, -0.2) is 21.9 Å². The molecule has 0 bridgehead atoms. The Morgan fingerprint density at radius 2 is 1.38 bits per heavy atom. The molecule has 1 rings (SSSR count). The molecule has 0 atom stereocenters. The van der Waals surface area contributed by atoms with Gasteiger partial charge in [-0.05, 0) is 6.07 Å². The molecule has 1 aromatic carbocycles. The summed E-state index contributed by atoms with van der Waals surface area (Å²) in [6.45, 7) is 0. The van der Waals surface area contributed by atoms with Crippen molar-refractivity contribution < 1.29 is 21.9 Å². The van der Waals surface area contributed by atoms with Crippen LogP contribution in [0.15, 0.2) is 21.9 Å². The number of primary sulfonamides is 2. The van der Waals surface area contributed by atoms with E-state index in [9.17, 15) is 21.9 Å². The number of phenolic OH excluding ortho intramolecular Hbond substituents is 1. The average molecular weight is 267 g/mol. The number of rotatable bonds is 2. The van der Waals surface area contributed by atoms with Gasteiger partial charge in [-0.1, -0.05) is 0 Å². The molecule has 0 aliphatic heterocycles. The highest BCUT2D eigenvalue weighted by Crippen LogP contribution is 2.29. The summed E-state index contributed by atoms with van der Waals surface area (Å²) in [7, 11) is -8.45. The molecular formula is C6H9N3O5S2. The largest absolute Gasteiger partial charge is 0.506 e. The molecule has 16 heavy (non-hydrogen) atoms. The van der Waals surface area contributed by atoms with Crippen molar-refractivity contribution in [3.63, 3.8) is 0 Å². The third-order valence-electron chi connectivity index (χ3n) is 1.70. The molecule has 1 aromatic rings. The van der Waals surface area contributed by atoms with E-state index >= 15 is 0 Å². The Bertz CT molecular complexity index is 581. The topological polar surface area (TPSA) is 167 Å². The van der Waals surface area contributed by atoms with Crippen molar-refractivity contribution in [2.24, 2.45) is 10.3 Å². The number of nitrogen functional groups attached to an aromatic ring is 1. The first-order valence-corrected chi connectivity index (χ1v) is 6.81. The van der Waals surface area contributed by atoms with Gasteiger partial charge in [0.15, 0.2) is 0 Å². The lowest BCUT2D eigenvalue weighted by Crippen LogP contribution is -2.17. The van der Waals surface area contributed by atoms with Gasteiger partial charge in [0.2, 0.25) is 20.0 Å². The highest BCUT2D eigenvalue weighted by molar-refractivity contribution is 7.90. The fourth-order valence-corrected chi connectivity index (χ4v) is 2.42. The van der Waals surface area contributed by atoms with Gasteiger partial charge >= 0.3 is 0 Å². The van der Waals surface area contributed by atoms with Crippen LogP contribution in [-0.2, 0) is 20.0 Å². The molecule has 0 radical (unpaired) electrons. The molecule has 0 aliphatic carbocycles. The molecular weight excluding hydrogens is 258 g/mol. The molecule has 0 spiro atoms. The Balaban J connectivity index is 3.72. The number of anilines is 1. The van der Waals surface area contributed by atoms with Crippen molar-refractivity contribution in [2.75, 3.05) is 5.73 Å². The first kappa shape index (κ1) is 12.7. The lowest BCUT2D eigenvalue weighted by molar-refractivity contribution is 0.458. The Labute approximate surface area is 91.8 Å². The number of phenols is 1. The van der Waals surface area contributed by atoms with Gasteiger partial charge in [0.25, 0.3) is 0 Å². The molecule has 0 aliphatic rings. The van der Waals surface area contributed by atoms with Gasteiger partial charge < -0.3 is 10.8 Å². The fourth-order valence-electron chi connectivity index (χ4n) is 1.04. The van der Waals surface area contributed by atoms with E-state index in [0.717, 1.165) is 6.07 Å². The first-order valence-electron chi connectivity index (χ1n) is 3.71. The number of hydrogen-bond donors (Lipinski definition) is 4. The van der Waals surface area contributed by atoms with E-state index in [-0.39, 0.29) is 5.69 Å². The predicted octanol–water partition coefficient (Wildman–Crippen LogP) is -1.73. The van der Waals surface area contributed by atoms with E-state index in [1.165, 1.54) is 0 Å². The summed E-state index contributed by atoms with van der Waals surface area (Å²) < 4.78 is 44.0. The lowest BCUT2D eigenvalue weighted by Gasteiger charge is -2.07. The summed E-state index contributed by atoms with van der Waals surface area (Å²) in [5, 5.41) is 18.8. The smallest absolute Gasteiger partial charge is 0.241 e. The van der Waals surface area contributed by atoms with Gasteiger partial charge in [0, 0.05) is 6.07 Å². The molecule has 0 aromatic heterocycles. The van der Waals surface area contributed by atoms with Crippen LogP contribution in [0.5, 0.6) is 5.75 Å². The average Bonchev–Trinajstić information content (AvgIpc) is 1.97. The summed E-state index contributed by atoms with van der Waals surface area (Å²) >= 11 is 0. The van der Waals surface area contributed by atoms with Gasteiger partial charge in [-0.25, -0.2) is 27.1 Å². The van der Waals surface area contributed by atoms with Crippen LogP contribution in [0.4, 0.5) is 5.69 Å². The van der Waals surface area contributed by atoms with Crippen molar-refractivity contribution in [1.29, 1.82) is 0 Å². The highest BCUT2D eigenvalue weighted by atomic mass is 32.2. The van der Waals surface area contributed by atoms with Crippen LogP contribution < -0.4 is 16.0 Å². The predicted molar refractivity (Wildman–Crippen MR) is 55.3 cm³/mol. The molecule has 10 heteroatoms. The zero-order valence-corrected chi connectivity index (χ0v) is 9.42. The van der Waals surface area contributed by atoms with Crippen LogP contribution in [0.1, 0.15) is 0 Å². The Morgan fingerprint density at radius 1 is 0.938 bits per heavy atom. The summed E-state index contributed by atoms with van der Waals surface area (Å²) in [4.78, 5) is -1.37. The maximum absolute atomic E-state index is 11.0. The molecule has 0 heterocycles. The Kier molecular flexibility index (Phi) is 2.85. The summed E-state index contributed by atoms with van der Waals surface area (Å²) in [5.41, 5.74) is 4.90. The van der Waals surface area contributed by atoms with Crippen molar-refractivity contribution in [1.82, 2.24) is 0 Å². The van der Waals surface area contributed by atoms with Crippen molar-refractivity contribution in [3.8, 4) is 5.75 Å². The quantitative estimate of drug-likeness (QED) is 0.464. The first-order chi connectivity index (χ1) is 7.03. The van der Waals surface area contributed by atoms with E-state index < -0.39 is 35.6 Å². The van der Waals surface area contributed by atoms with Gasteiger partial charge in [-0.2, -0.15) is 0 Å². The van der Waals surface area contributed by atoms with E-state index in [4.69, 9.17) is 16.0 Å². The summed E-state index contributed by atoms with van der Waals surface area (Å²) in [6.07, 6.45) is 0. The zero-order chi connectivity index (χ0) is 12.7. The van der Waals surface area contributed by atoms with Gasteiger partial charge in [0.05, 0.1) is 5.69 Å². The minimum atomic E-state index is -4.26. The molecule has 8 nitrogen and oxygen atoms in total. The second-order valence-electron chi connectivity index (χ2n) is 2.95. The molecule has 0 saturated carbocycles. The number of benzene rings is 1. The van der Waals surface area contributed by atoms with Crippen LogP contribution in [0, 0.1) is 0 Å². The molecule has 0 fully saturated rings. The van der Waals surface area contributed by atoms with E-state index in [1.54, 1.807) is 0 Å². The number of sulfonamides is 2. The zero-order valence-electron chi connectivity index (χ0n) is 7.78. The van der Waals surface area contributed by atoms with Crippen molar-refractivity contribution >= 4 is 25.7 Å². The second kappa shape index (κ2) is 3.59. The van der Waals surface area contributed by atoms with Crippen LogP contribution in [0.2, 0.25) is 0 Å². The minimum absolute atomic E-state index is 0.368. The van der Waals surface area contributed by atoms with E-state index in [0.29, 0.717) is 6.07 Å². The van der Waals surface area contributed by atoms with Crippen LogP contribution >= 0.6 is 0 Å². The summed E-state index contributed by atoms with van der Waals surface area (Å²) in [6, 6.07) is 1.36. The monoisotopic (exact) mass is 267 g/mol. The second-order valence-corrected chi connectivity index (χ2v) is 6.01. The van der Waals surface area contributed by atoms with Gasteiger partial charge in [-0.15, -0.1) is 0 Å². The molecule has 0 unspecified atom stereocenters. The third kappa shape index (κ3) is 2.41. The summed E-state index contributed by atoms with van der Waals surface area (Å²) in [5.74, 6) is -0.743. The molecule has 0 amide bonds. The minimum Gasteiger partial charge on any atom is -0.506 e. The Morgan fingerprint density at radius 3 is 1.75 bits per heavy atom. The van der Waals surface area contributed by atoms with Crippen molar-refractivity contribution in [2.45, 2.75) is 9.79 Å². The highest BCUT2D eigenvalue weighted by Gasteiger charge is 2.21. The molecule has 90 valence electrons. The van der Waals surface area contributed by atoms with Gasteiger partial charge in [0.1, 0.15) is 15.5 Å². The molecule has 0 saturated heterocycles. The van der Waals surface area contributed by atoms with E-state index in [2.05, 4.69) is 0 Å². The molecule has 7 N–H and O–H groups in total. The maximum atomic E-state index is 11.0. The number of aromatic hydroxyl groups is 1. The normalized spacial score (nSPS) is 12.6. The Hall–Kier alpha value is -1.36. The SMILES string of the molecule is Nc1cc(O)c(S(N)(=O)=O)cc1S(N)(=O)=O. The fraction of sp³-hybridized carbons (Fsp3) is 0. The maximum Gasteiger partial charge on any atom is 0.241 e. The van der Waals surface area contributed by atoms with Crippen LogP contribution in [0.3, 0.4) is 0 Å². The lowest BCUT2D eigenvalue weighted by atomic mass is 10.3. The van der Waals surface area contributed by atoms with E-state index in [1.807, 2.05) is 0 Å². The van der Waals surface area contributed by atoms with Crippen molar-refractivity contribution in [3.05, 3.63) is 12.1 Å².